The molecule has 0 saturated heterocycles. The Morgan fingerprint density at radius 2 is 2.22 bits per heavy atom. The van der Waals surface area contributed by atoms with Crippen LogP contribution in [0.15, 0.2) is 27.1 Å². The maximum Gasteiger partial charge on any atom is 0.253 e. The normalized spacial score (nSPS) is 12.4. The highest BCUT2D eigenvalue weighted by Gasteiger charge is 2.11. The fourth-order valence-electron chi connectivity index (χ4n) is 1.51. The van der Waals surface area contributed by atoms with Crippen molar-refractivity contribution in [3.05, 3.63) is 40.0 Å². The summed E-state index contributed by atoms with van der Waals surface area (Å²) in [4.78, 5) is 0. The largest absolute Gasteiger partial charge is 0.483 e. The molecule has 0 unspecified atom stereocenters. The highest BCUT2D eigenvalue weighted by Crippen LogP contribution is 2.28. The van der Waals surface area contributed by atoms with Gasteiger partial charge in [-0.1, -0.05) is 15.9 Å². The van der Waals surface area contributed by atoms with Crippen LogP contribution >= 0.6 is 15.9 Å². The standard InChI is InChI=1S/C12H13BrN2O3/c1-7(16)10-5-9(13)3-4-11(10)17-6-12-15-14-8(2)18-12/h3-5,7,16H,6H2,1-2H3/t7-/m0/s1. The molecule has 1 heterocycles. The van der Waals surface area contributed by atoms with E-state index in [2.05, 4.69) is 26.1 Å². The van der Waals surface area contributed by atoms with Crippen LogP contribution < -0.4 is 4.74 Å². The molecule has 1 N–H and O–H groups in total. The van der Waals surface area contributed by atoms with E-state index < -0.39 is 6.10 Å². The molecular formula is C12H13BrN2O3. The molecule has 1 aromatic carbocycles. The average molecular weight is 313 g/mol. The number of hydrogen-bond acceptors (Lipinski definition) is 5. The second kappa shape index (κ2) is 5.49. The van der Waals surface area contributed by atoms with Gasteiger partial charge in [0.15, 0.2) is 6.61 Å². The summed E-state index contributed by atoms with van der Waals surface area (Å²) in [6.45, 7) is 3.59. The number of aromatic nitrogens is 2. The van der Waals surface area contributed by atoms with Gasteiger partial charge >= 0.3 is 0 Å². The maximum atomic E-state index is 9.68. The third-order valence-corrected chi connectivity index (χ3v) is 2.83. The Bertz CT molecular complexity index is 540. The van der Waals surface area contributed by atoms with Gasteiger partial charge in [0.1, 0.15) is 5.75 Å². The van der Waals surface area contributed by atoms with Crippen molar-refractivity contribution in [2.24, 2.45) is 0 Å². The van der Waals surface area contributed by atoms with E-state index in [0.29, 0.717) is 23.1 Å². The van der Waals surface area contributed by atoms with Crippen molar-refractivity contribution in [2.75, 3.05) is 0 Å². The molecule has 0 aliphatic rings. The van der Waals surface area contributed by atoms with Crippen LogP contribution in [0.4, 0.5) is 0 Å². The molecule has 0 aliphatic heterocycles. The summed E-state index contributed by atoms with van der Waals surface area (Å²) in [6, 6.07) is 5.45. The second-order valence-electron chi connectivity index (χ2n) is 3.86. The quantitative estimate of drug-likeness (QED) is 0.940. The van der Waals surface area contributed by atoms with Gasteiger partial charge in [-0.05, 0) is 25.1 Å². The predicted molar refractivity (Wildman–Crippen MR) is 68.1 cm³/mol. The Balaban J connectivity index is 2.13. The Labute approximate surface area is 113 Å². The summed E-state index contributed by atoms with van der Waals surface area (Å²) in [5, 5.41) is 17.2. The molecule has 0 saturated carbocycles. The van der Waals surface area contributed by atoms with Crippen molar-refractivity contribution in [2.45, 2.75) is 26.6 Å². The molecule has 0 bridgehead atoms. The molecule has 0 spiro atoms. The van der Waals surface area contributed by atoms with E-state index >= 15 is 0 Å². The lowest BCUT2D eigenvalue weighted by molar-refractivity contribution is 0.187. The van der Waals surface area contributed by atoms with Gasteiger partial charge in [-0.2, -0.15) is 0 Å². The summed E-state index contributed by atoms with van der Waals surface area (Å²) in [7, 11) is 0. The summed E-state index contributed by atoms with van der Waals surface area (Å²) in [6.07, 6.45) is -0.609. The summed E-state index contributed by atoms with van der Waals surface area (Å²) < 4.78 is 11.7. The number of ether oxygens (including phenoxy) is 1. The van der Waals surface area contributed by atoms with E-state index in [4.69, 9.17) is 9.15 Å². The first-order valence-corrected chi connectivity index (χ1v) is 6.25. The fraction of sp³-hybridized carbons (Fsp3) is 0.333. The smallest absolute Gasteiger partial charge is 0.253 e. The Kier molecular flexibility index (Phi) is 3.98. The molecule has 0 aliphatic carbocycles. The zero-order valence-corrected chi connectivity index (χ0v) is 11.6. The fourth-order valence-corrected chi connectivity index (χ4v) is 1.89. The van der Waals surface area contributed by atoms with Crippen LogP contribution in [-0.4, -0.2) is 15.3 Å². The van der Waals surface area contributed by atoms with E-state index in [0.717, 1.165) is 4.47 Å². The highest BCUT2D eigenvalue weighted by molar-refractivity contribution is 9.10. The van der Waals surface area contributed by atoms with Crippen molar-refractivity contribution in [1.29, 1.82) is 0 Å². The van der Waals surface area contributed by atoms with Gasteiger partial charge in [-0.25, -0.2) is 0 Å². The minimum absolute atomic E-state index is 0.183. The molecule has 6 heteroatoms. The number of benzene rings is 1. The van der Waals surface area contributed by atoms with Crippen molar-refractivity contribution in [3.63, 3.8) is 0 Å². The lowest BCUT2D eigenvalue weighted by Crippen LogP contribution is -2.01. The summed E-state index contributed by atoms with van der Waals surface area (Å²) >= 11 is 3.36. The minimum atomic E-state index is -0.609. The molecule has 18 heavy (non-hydrogen) atoms. The molecule has 5 nitrogen and oxygen atoms in total. The minimum Gasteiger partial charge on any atom is -0.483 e. The first-order valence-electron chi connectivity index (χ1n) is 5.45. The zero-order valence-electron chi connectivity index (χ0n) is 10.1. The van der Waals surface area contributed by atoms with Crippen molar-refractivity contribution < 1.29 is 14.3 Å². The lowest BCUT2D eigenvalue weighted by Gasteiger charge is -2.12. The number of aryl methyl sites for hydroxylation is 1. The summed E-state index contributed by atoms with van der Waals surface area (Å²) in [5.74, 6) is 1.51. The first kappa shape index (κ1) is 13.0. The van der Waals surface area contributed by atoms with Crippen molar-refractivity contribution >= 4 is 15.9 Å². The Morgan fingerprint density at radius 1 is 1.44 bits per heavy atom. The molecule has 0 amide bonds. The van der Waals surface area contributed by atoms with E-state index in [1.165, 1.54) is 0 Å². The first-order chi connectivity index (χ1) is 8.56. The van der Waals surface area contributed by atoms with E-state index in [1.807, 2.05) is 12.1 Å². The van der Waals surface area contributed by atoms with Gasteiger partial charge in [0.2, 0.25) is 5.89 Å². The van der Waals surface area contributed by atoms with Crippen LogP contribution in [0.25, 0.3) is 0 Å². The average Bonchev–Trinajstić information content (AvgIpc) is 2.73. The van der Waals surface area contributed by atoms with Gasteiger partial charge in [0, 0.05) is 17.0 Å². The third-order valence-electron chi connectivity index (χ3n) is 2.34. The molecule has 96 valence electrons. The molecule has 0 fully saturated rings. The molecule has 2 aromatic rings. The monoisotopic (exact) mass is 312 g/mol. The molecule has 1 aromatic heterocycles. The van der Waals surface area contributed by atoms with Crippen molar-refractivity contribution in [1.82, 2.24) is 10.2 Å². The van der Waals surface area contributed by atoms with Crippen LogP contribution in [0.5, 0.6) is 5.75 Å². The maximum absolute atomic E-state index is 9.68. The number of halogens is 1. The Morgan fingerprint density at radius 3 is 2.83 bits per heavy atom. The summed E-state index contributed by atoms with van der Waals surface area (Å²) in [5.41, 5.74) is 0.709. The SMILES string of the molecule is Cc1nnc(COc2ccc(Br)cc2[C@H](C)O)o1. The van der Waals surface area contributed by atoms with Crippen LogP contribution in [-0.2, 0) is 6.61 Å². The number of nitrogens with zero attached hydrogens (tertiary/aromatic N) is 2. The van der Waals surface area contributed by atoms with Crippen LogP contribution in [0.1, 0.15) is 30.4 Å². The van der Waals surface area contributed by atoms with E-state index in [1.54, 1.807) is 19.9 Å². The predicted octanol–water partition coefficient (Wildman–Crippen LogP) is 2.77. The van der Waals surface area contributed by atoms with Crippen LogP contribution in [0.3, 0.4) is 0 Å². The van der Waals surface area contributed by atoms with Crippen molar-refractivity contribution in [3.8, 4) is 5.75 Å². The van der Waals surface area contributed by atoms with Gasteiger partial charge in [-0.15, -0.1) is 10.2 Å². The second-order valence-corrected chi connectivity index (χ2v) is 4.78. The molecule has 1 atom stereocenters. The van der Waals surface area contributed by atoms with Gasteiger partial charge < -0.3 is 14.3 Å². The number of aliphatic hydroxyl groups excluding tert-OH is 1. The number of hydrogen-bond donors (Lipinski definition) is 1. The third kappa shape index (κ3) is 3.08. The van der Waals surface area contributed by atoms with Gasteiger partial charge in [0.25, 0.3) is 5.89 Å². The molecule has 0 radical (unpaired) electrons. The number of aliphatic hydroxyl groups is 1. The molecule has 2 rings (SSSR count). The lowest BCUT2D eigenvalue weighted by atomic mass is 10.1. The zero-order chi connectivity index (χ0) is 13.1. The molecular weight excluding hydrogens is 300 g/mol. The topological polar surface area (TPSA) is 68.4 Å². The van der Waals surface area contributed by atoms with Crippen LogP contribution in [0.2, 0.25) is 0 Å². The van der Waals surface area contributed by atoms with E-state index in [9.17, 15) is 5.11 Å². The highest BCUT2D eigenvalue weighted by atomic mass is 79.9. The Hall–Kier alpha value is -1.40. The van der Waals surface area contributed by atoms with Crippen LogP contribution in [0, 0.1) is 6.92 Å². The van der Waals surface area contributed by atoms with E-state index in [-0.39, 0.29) is 6.61 Å². The number of rotatable bonds is 4. The van der Waals surface area contributed by atoms with Gasteiger partial charge in [-0.3, -0.25) is 0 Å². The van der Waals surface area contributed by atoms with Gasteiger partial charge in [0.05, 0.1) is 6.10 Å².